The van der Waals surface area contributed by atoms with Gasteiger partial charge in [0.15, 0.2) is 11.3 Å². The van der Waals surface area contributed by atoms with Crippen molar-refractivity contribution in [3.05, 3.63) is 70.2 Å². The molecule has 3 amide bonds. The number of aromatic nitrogens is 7. The average molecular weight is 838 g/mol. The van der Waals surface area contributed by atoms with Gasteiger partial charge in [0, 0.05) is 52.0 Å². The highest BCUT2D eigenvalue weighted by molar-refractivity contribution is 6.08. The van der Waals surface area contributed by atoms with E-state index >= 15 is 0 Å². The van der Waals surface area contributed by atoms with Crippen LogP contribution in [0.4, 0.5) is 20.3 Å². The standard InChI is InChI=1S/C42H45F2N11O6/c1-50-37-25(4-2-6-32(37)55(42(50)59)33-7-8-35(56)48-41(33)58)5-3-15-60-28-9-12-51(13-10-28)20-24-16-26(17-24)54-22-31(36(49-54)38(43)44)46-40(57)30-19-45-53-14-11-34(47-39(30)53)52-21-29-18-27(52)23-61-29/h2,4,6,11,14,19,22,24,26-29,33,38H,7-10,12-13,15-18,20-21,23H2,1H3,(H,46,57)(H,48,56,58)/t24?,26?,27-,29-,33?/m1/s1. The summed E-state index contributed by atoms with van der Waals surface area (Å²) in [6.45, 7) is 4.24. The minimum atomic E-state index is -2.87. The summed E-state index contributed by atoms with van der Waals surface area (Å²) in [6.07, 6.45) is 6.70. The van der Waals surface area contributed by atoms with Crippen molar-refractivity contribution in [2.24, 2.45) is 13.0 Å². The SMILES string of the molecule is Cn1c(=O)n(C2CCC(=O)NC2=O)c2cccc(C#CCOC3CCN(CC4CC(n5cc(NC(=O)c6cnn7ccc(N8C[C@H]9C[C@@H]8CO9)nc67)c(C(F)F)n5)C4)CC3)c21. The van der Waals surface area contributed by atoms with Crippen molar-refractivity contribution in [3.63, 3.8) is 0 Å². The van der Waals surface area contributed by atoms with Crippen LogP contribution in [0, 0.1) is 17.8 Å². The number of halogens is 2. The highest BCUT2D eigenvalue weighted by Crippen LogP contribution is 2.40. The molecular weight excluding hydrogens is 793 g/mol. The van der Waals surface area contributed by atoms with E-state index < -0.39 is 30.0 Å². The van der Waals surface area contributed by atoms with Crippen molar-refractivity contribution in [1.82, 2.24) is 43.7 Å². The molecule has 2 N–H and O–H groups in total. The number of nitrogens with one attached hydrogen (secondary N) is 2. The van der Waals surface area contributed by atoms with Crippen LogP contribution in [-0.4, -0.2) is 114 Å². The summed E-state index contributed by atoms with van der Waals surface area (Å²) in [5.41, 5.74) is 1.56. The van der Waals surface area contributed by atoms with Gasteiger partial charge in [-0.15, -0.1) is 0 Å². The molecule has 1 aliphatic carbocycles. The Balaban J connectivity index is 0.705. The summed E-state index contributed by atoms with van der Waals surface area (Å²) in [4.78, 5) is 60.3. The van der Waals surface area contributed by atoms with Crippen molar-refractivity contribution >= 4 is 45.9 Å². The number of carbonyl (C=O) groups is 3. The quantitative estimate of drug-likeness (QED) is 0.156. The topological polar surface area (TPSA) is 175 Å². The summed E-state index contributed by atoms with van der Waals surface area (Å²) >= 11 is 0. The Morgan fingerprint density at radius 1 is 1.10 bits per heavy atom. The normalized spacial score (nSPS) is 24.4. The largest absolute Gasteiger partial charge is 0.374 e. The fourth-order valence-electron chi connectivity index (χ4n) is 9.65. The Morgan fingerprint density at radius 2 is 1.93 bits per heavy atom. The van der Waals surface area contributed by atoms with Gasteiger partial charge in [0.1, 0.15) is 24.0 Å². The third-order valence-corrected chi connectivity index (χ3v) is 12.9. The summed E-state index contributed by atoms with van der Waals surface area (Å²) in [5, 5.41) is 13.5. The number of hydrogen-bond acceptors (Lipinski definition) is 11. The zero-order chi connectivity index (χ0) is 41.9. The smallest absolute Gasteiger partial charge is 0.329 e. The van der Waals surface area contributed by atoms with Crippen LogP contribution in [0.25, 0.3) is 16.7 Å². The lowest BCUT2D eigenvalue weighted by molar-refractivity contribution is -0.135. The summed E-state index contributed by atoms with van der Waals surface area (Å²) in [6, 6.07) is 6.70. The molecule has 1 aromatic carbocycles. The second-order valence-corrected chi connectivity index (χ2v) is 16.7. The lowest BCUT2D eigenvalue weighted by Gasteiger charge is -2.40. The van der Waals surface area contributed by atoms with E-state index in [1.807, 2.05) is 12.1 Å². The molecule has 17 nitrogen and oxygen atoms in total. The van der Waals surface area contributed by atoms with Crippen LogP contribution in [0.3, 0.4) is 0 Å². The number of fused-ring (bicyclic) bond motifs is 4. The molecule has 4 aromatic heterocycles. The second kappa shape index (κ2) is 15.8. The number of benzene rings is 1. The number of alkyl halides is 2. The zero-order valence-electron chi connectivity index (χ0n) is 33.5. The number of piperidine rings is 2. The molecule has 0 radical (unpaired) electrons. The molecule has 5 aliphatic rings. The first-order chi connectivity index (χ1) is 29.6. The number of morpholine rings is 1. The molecule has 10 rings (SSSR count). The van der Waals surface area contributed by atoms with Crippen LogP contribution in [0.2, 0.25) is 0 Å². The van der Waals surface area contributed by atoms with Gasteiger partial charge in [-0.1, -0.05) is 17.9 Å². The fraction of sp³-hybridized carbons (Fsp3) is 0.500. The number of likely N-dealkylation sites (tertiary alicyclic amines) is 1. The number of aryl methyl sites for hydroxylation is 1. The molecule has 61 heavy (non-hydrogen) atoms. The number of nitrogens with zero attached hydrogens (tertiary/aromatic N) is 9. The monoisotopic (exact) mass is 837 g/mol. The average Bonchev–Trinajstić information content (AvgIpc) is 4.08. The van der Waals surface area contributed by atoms with E-state index in [0.717, 1.165) is 64.1 Å². The minimum Gasteiger partial charge on any atom is -0.374 e. The van der Waals surface area contributed by atoms with Crippen LogP contribution < -0.4 is 21.2 Å². The maximum Gasteiger partial charge on any atom is 0.329 e. The van der Waals surface area contributed by atoms with Gasteiger partial charge in [0.2, 0.25) is 11.8 Å². The van der Waals surface area contributed by atoms with E-state index in [9.17, 15) is 28.0 Å². The Hall–Kier alpha value is -5.97. The maximum absolute atomic E-state index is 14.2. The van der Waals surface area contributed by atoms with Crippen molar-refractivity contribution in [3.8, 4) is 11.8 Å². The predicted octanol–water partition coefficient (Wildman–Crippen LogP) is 3.21. The Bertz CT molecular complexity index is 2660. The molecule has 1 saturated carbocycles. The highest BCUT2D eigenvalue weighted by atomic mass is 19.3. The predicted molar refractivity (Wildman–Crippen MR) is 216 cm³/mol. The zero-order valence-corrected chi connectivity index (χ0v) is 33.5. The number of carbonyl (C=O) groups excluding carboxylic acids is 3. The van der Waals surface area contributed by atoms with Gasteiger partial charge in [-0.2, -0.15) is 10.2 Å². The summed E-state index contributed by atoms with van der Waals surface area (Å²) in [7, 11) is 1.65. The number of anilines is 2. The molecule has 19 heteroatoms. The molecule has 2 bridgehead atoms. The highest BCUT2D eigenvalue weighted by Gasteiger charge is 2.40. The van der Waals surface area contributed by atoms with Crippen molar-refractivity contribution in [2.45, 2.75) is 81.7 Å². The molecule has 5 fully saturated rings. The van der Waals surface area contributed by atoms with Crippen LogP contribution in [0.5, 0.6) is 0 Å². The molecular formula is C42H45F2N11O6. The molecule has 4 saturated heterocycles. The maximum atomic E-state index is 14.2. The van der Waals surface area contributed by atoms with Gasteiger partial charge in [-0.25, -0.2) is 23.1 Å². The molecule has 0 spiro atoms. The Kier molecular flexibility index (Phi) is 10.2. The molecule has 4 aliphatic heterocycles. The fourth-order valence-corrected chi connectivity index (χ4v) is 9.65. The van der Waals surface area contributed by atoms with Crippen LogP contribution in [-0.2, 0) is 26.1 Å². The molecule has 8 heterocycles. The van der Waals surface area contributed by atoms with Crippen molar-refractivity contribution in [2.75, 3.05) is 49.6 Å². The van der Waals surface area contributed by atoms with E-state index in [1.165, 1.54) is 26.0 Å². The van der Waals surface area contributed by atoms with Gasteiger partial charge in [0.25, 0.3) is 12.3 Å². The van der Waals surface area contributed by atoms with Gasteiger partial charge in [-0.3, -0.25) is 33.5 Å². The number of rotatable bonds is 10. The van der Waals surface area contributed by atoms with E-state index in [2.05, 4.69) is 42.5 Å². The summed E-state index contributed by atoms with van der Waals surface area (Å²) < 4.78 is 46.3. The van der Waals surface area contributed by atoms with Gasteiger partial charge in [0.05, 0.1) is 59.4 Å². The van der Waals surface area contributed by atoms with Crippen molar-refractivity contribution in [1.29, 1.82) is 0 Å². The molecule has 5 aromatic rings. The number of amides is 3. The lowest BCUT2D eigenvalue weighted by atomic mass is 9.79. The van der Waals surface area contributed by atoms with Crippen LogP contribution >= 0.6 is 0 Å². The van der Waals surface area contributed by atoms with E-state index in [-0.39, 0.29) is 66.6 Å². The van der Waals surface area contributed by atoms with Crippen LogP contribution in [0.15, 0.2) is 47.7 Å². The second-order valence-electron chi connectivity index (χ2n) is 16.7. The number of imide groups is 1. The van der Waals surface area contributed by atoms with E-state index in [4.69, 9.17) is 14.5 Å². The molecule has 1 unspecified atom stereocenters. The van der Waals surface area contributed by atoms with Crippen molar-refractivity contribution < 1.29 is 32.6 Å². The molecule has 318 valence electrons. The number of ether oxygens (including phenoxy) is 2. The minimum absolute atomic E-state index is 0.0220. The van der Waals surface area contributed by atoms with Gasteiger partial charge >= 0.3 is 5.69 Å². The first kappa shape index (κ1) is 39.2. The third-order valence-electron chi connectivity index (χ3n) is 12.9. The Morgan fingerprint density at radius 3 is 2.69 bits per heavy atom. The first-order valence-corrected chi connectivity index (χ1v) is 20.9. The number of imidazole rings is 1. The Labute approximate surface area is 347 Å². The summed E-state index contributed by atoms with van der Waals surface area (Å²) in [5.74, 6) is 5.97. The third kappa shape index (κ3) is 7.35. The van der Waals surface area contributed by atoms with Crippen LogP contribution in [0.1, 0.15) is 85.1 Å². The number of para-hydroxylation sites is 1. The first-order valence-electron chi connectivity index (χ1n) is 20.9. The lowest BCUT2D eigenvalue weighted by Crippen LogP contribution is -2.44. The molecule has 3 atom stereocenters. The van der Waals surface area contributed by atoms with E-state index in [1.54, 1.807) is 30.1 Å². The van der Waals surface area contributed by atoms with E-state index in [0.29, 0.717) is 34.8 Å². The van der Waals surface area contributed by atoms with Gasteiger partial charge < -0.3 is 24.6 Å². The van der Waals surface area contributed by atoms with Gasteiger partial charge in [-0.05, 0) is 62.6 Å². The number of hydrogen-bond donors (Lipinski definition) is 2.